The van der Waals surface area contributed by atoms with E-state index < -0.39 is 6.04 Å². The maximum Gasteiger partial charge on any atom is 0.328 e. The number of methoxy groups -OCH3 is 2. The van der Waals surface area contributed by atoms with Crippen molar-refractivity contribution in [3.05, 3.63) is 42.0 Å². The van der Waals surface area contributed by atoms with Crippen LogP contribution in [0.1, 0.15) is 23.2 Å². The third-order valence-corrected chi connectivity index (χ3v) is 4.31. The molecule has 0 bridgehead atoms. The van der Waals surface area contributed by atoms with Crippen molar-refractivity contribution in [2.45, 2.75) is 18.9 Å². The van der Waals surface area contributed by atoms with Gasteiger partial charge in [0.25, 0.3) is 5.91 Å². The minimum Gasteiger partial charge on any atom is -0.496 e. The lowest BCUT2D eigenvalue weighted by atomic mass is 10.0. The third-order valence-electron chi connectivity index (χ3n) is 4.31. The van der Waals surface area contributed by atoms with Gasteiger partial charge in [-0.1, -0.05) is 30.3 Å². The summed E-state index contributed by atoms with van der Waals surface area (Å²) in [6, 6.07) is 10.9. The van der Waals surface area contributed by atoms with Crippen LogP contribution in [0.2, 0.25) is 0 Å². The number of carbonyl (C=O) groups excluding carboxylic acids is 2. The molecule has 1 aliphatic heterocycles. The lowest BCUT2D eigenvalue weighted by molar-refractivity contribution is -0.145. The highest BCUT2D eigenvalue weighted by atomic mass is 16.5. The van der Waals surface area contributed by atoms with E-state index in [4.69, 9.17) is 9.47 Å². The molecule has 1 fully saturated rings. The van der Waals surface area contributed by atoms with E-state index >= 15 is 0 Å². The minimum atomic E-state index is -0.517. The molecule has 1 aliphatic rings. The second kappa shape index (κ2) is 6.28. The summed E-state index contributed by atoms with van der Waals surface area (Å²) in [5.74, 6) is -0.0363. The molecule has 2 aromatic carbocycles. The lowest BCUT2D eigenvalue weighted by Gasteiger charge is -2.24. The third kappa shape index (κ3) is 2.63. The summed E-state index contributed by atoms with van der Waals surface area (Å²) >= 11 is 0. The van der Waals surface area contributed by atoms with Crippen molar-refractivity contribution in [3.63, 3.8) is 0 Å². The Hall–Kier alpha value is -2.56. The maximum absolute atomic E-state index is 13.1. The molecule has 5 heteroatoms. The van der Waals surface area contributed by atoms with E-state index in [9.17, 15) is 9.59 Å². The molecule has 0 radical (unpaired) electrons. The van der Waals surface area contributed by atoms with E-state index in [-0.39, 0.29) is 11.9 Å². The topological polar surface area (TPSA) is 55.8 Å². The average Bonchev–Trinajstić information content (AvgIpc) is 3.09. The maximum atomic E-state index is 13.1. The largest absolute Gasteiger partial charge is 0.496 e. The molecule has 2 aromatic rings. The van der Waals surface area contributed by atoms with Gasteiger partial charge in [0.2, 0.25) is 0 Å². The van der Waals surface area contributed by atoms with E-state index in [0.29, 0.717) is 24.3 Å². The predicted octanol–water partition coefficient (Wildman–Crippen LogP) is 2.63. The van der Waals surface area contributed by atoms with Gasteiger partial charge < -0.3 is 14.4 Å². The molecule has 0 aromatic heterocycles. The van der Waals surface area contributed by atoms with Gasteiger partial charge in [-0.2, -0.15) is 0 Å². The number of likely N-dealkylation sites (tertiary alicyclic amines) is 1. The number of ether oxygens (including phenoxy) is 2. The molecule has 5 nitrogen and oxygen atoms in total. The molecular weight excluding hydrogens is 294 g/mol. The van der Waals surface area contributed by atoms with Crippen molar-refractivity contribution >= 4 is 22.6 Å². The highest BCUT2D eigenvalue weighted by Crippen LogP contribution is 2.31. The van der Waals surface area contributed by atoms with Crippen LogP contribution in [0.5, 0.6) is 5.75 Å². The van der Waals surface area contributed by atoms with Gasteiger partial charge in [0.1, 0.15) is 11.8 Å². The quantitative estimate of drug-likeness (QED) is 0.817. The van der Waals surface area contributed by atoms with Crippen molar-refractivity contribution in [2.24, 2.45) is 0 Å². The Bertz CT molecular complexity index is 756. The Morgan fingerprint density at radius 1 is 1.13 bits per heavy atom. The molecule has 3 rings (SSSR count). The summed E-state index contributed by atoms with van der Waals surface area (Å²) in [6.45, 7) is 0.547. The first-order valence-electron chi connectivity index (χ1n) is 7.62. The summed E-state index contributed by atoms with van der Waals surface area (Å²) in [4.78, 5) is 26.6. The van der Waals surface area contributed by atoms with Crippen molar-refractivity contribution in [3.8, 4) is 5.75 Å². The molecule has 1 heterocycles. The first kappa shape index (κ1) is 15.3. The van der Waals surface area contributed by atoms with E-state index in [1.165, 1.54) is 7.11 Å². The van der Waals surface area contributed by atoms with Crippen molar-refractivity contribution < 1.29 is 19.1 Å². The molecule has 0 saturated carbocycles. The summed E-state index contributed by atoms with van der Waals surface area (Å²) in [7, 11) is 2.89. The van der Waals surface area contributed by atoms with Gasteiger partial charge in [0.05, 0.1) is 19.8 Å². The first-order chi connectivity index (χ1) is 11.2. The summed E-state index contributed by atoms with van der Waals surface area (Å²) in [6.07, 6.45) is 1.42. The van der Waals surface area contributed by atoms with Crippen LogP contribution in [0, 0.1) is 0 Å². The van der Waals surface area contributed by atoms with Gasteiger partial charge in [0, 0.05) is 6.54 Å². The van der Waals surface area contributed by atoms with Crippen LogP contribution in [0.3, 0.4) is 0 Å². The van der Waals surface area contributed by atoms with Crippen LogP contribution in [-0.2, 0) is 9.53 Å². The highest BCUT2D eigenvalue weighted by Gasteiger charge is 2.36. The molecule has 1 amide bonds. The van der Waals surface area contributed by atoms with Crippen LogP contribution in [0.25, 0.3) is 10.8 Å². The molecular formula is C18H19NO4. The number of hydrogen-bond acceptors (Lipinski definition) is 4. The Morgan fingerprint density at radius 2 is 1.91 bits per heavy atom. The van der Waals surface area contributed by atoms with Crippen molar-refractivity contribution in [1.29, 1.82) is 0 Å². The minimum absolute atomic E-state index is 0.188. The molecule has 23 heavy (non-hydrogen) atoms. The zero-order valence-corrected chi connectivity index (χ0v) is 13.2. The fourth-order valence-corrected chi connectivity index (χ4v) is 3.18. The van der Waals surface area contributed by atoms with Crippen LogP contribution in [0.4, 0.5) is 0 Å². The van der Waals surface area contributed by atoms with Gasteiger partial charge in [-0.25, -0.2) is 4.79 Å². The number of esters is 1. The molecule has 0 unspecified atom stereocenters. The van der Waals surface area contributed by atoms with E-state index in [0.717, 1.165) is 17.2 Å². The van der Waals surface area contributed by atoms with Crippen molar-refractivity contribution in [1.82, 2.24) is 4.90 Å². The molecule has 0 spiro atoms. The standard InChI is InChI=1S/C18H19NO4/c1-22-15-10-9-12-6-3-4-7-13(12)16(15)17(20)19-11-5-8-14(19)18(21)23-2/h3-4,6-7,9-10,14H,5,8,11H2,1-2H3/t14-/m0/s1. The van der Waals surface area contributed by atoms with Gasteiger partial charge in [-0.3, -0.25) is 4.79 Å². The number of benzene rings is 2. The van der Waals surface area contributed by atoms with Gasteiger partial charge in [-0.15, -0.1) is 0 Å². The van der Waals surface area contributed by atoms with Crippen molar-refractivity contribution in [2.75, 3.05) is 20.8 Å². The van der Waals surface area contributed by atoms with Crippen LogP contribution < -0.4 is 4.74 Å². The van der Waals surface area contributed by atoms with Crippen LogP contribution in [0.15, 0.2) is 36.4 Å². The number of carbonyl (C=O) groups is 2. The average molecular weight is 313 g/mol. The zero-order valence-electron chi connectivity index (χ0n) is 13.2. The lowest BCUT2D eigenvalue weighted by Crippen LogP contribution is -2.41. The monoisotopic (exact) mass is 313 g/mol. The number of nitrogens with zero attached hydrogens (tertiary/aromatic N) is 1. The Kier molecular flexibility index (Phi) is 4.19. The van der Waals surface area contributed by atoms with Crippen LogP contribution >= 0.6 is 0 Å². The first-order valence-corrected chi connectivity index (χ1v) is 7.62. The number of rotatable bonds is 3. The molecule has 1 atom stereocenters. The second-order valence-electron chi connectivity index (χ2n) is 5.54. The SMILES string of the molecule is COC(=O)[C@@H]1CCCN1C(=O)c1c(OC)ccc2ccccc12. The zero-order chi connectivity index (χ0) is 16.4. The molecule has 0 aliphatic carbocycles. The predicted molar refractivity (Wildman–Crippen MR) is 86.6 cm³/mol. The fourth-order valence-electron chi connectivity index (χ4n) is 3.18. The van der Waals surface area contributed by atoms with Gasteiger partial charge >= 0.3 is 5.97 Å². The Labute approximate surface area is 134 Å². The second-order valence-corrected chi connectivity index (χ2v) is 5.54. The fraction of sp³-hybridized carbons (Fsp3) is 0.333. The van der Waals surface area contributed by atoms with Crippen LogP contribution in [-0.4, -0.2) is 43.6 Å². The number of fused-ring (bicyclic) bond motifs is 1. The molecule has 120 valence electrons. The Morgan fingerprint density at radius 3 is 2.65 bits per heavy atom. The van der Waals surface area contributed by atoms with E-state index in [2.05, 4.69) is 0 Å². The van der Waals surface area contributed by atoms with Gasteiger partial charge in [0.15, 0.2) is 0 Å². The summed E-state index contributed by atoms with van der Waals surface area (Å²) in [5, 5.41) is 1.79. The summed E-state index contributed by atoms with van der Waals surface area (Å²) < 4.78 is 10.2. The molecule has 1 saturated heterocycles. The number of hydrogen-bond donors (Lipinski definition) is 0. The van der Waals surface area contributed by atoms with E-state index in [1.807, 2.05) is 30.3 Å². The smallest absolute Gasteiger partial charge is 0.328 e. The molecule has 0 N–H and O–H groups in total. The normalized spacial score (nSPS) is 17.3. The number of amides is 1. The Balaban J connectivity index is 2.08. The van der Waals surface area contributed by atoms with E-state index in [1.54, 1.807) is 18.1 Å². The van der Waals surface area contributed by atoms with Gasteiger partial charge in [-0.05, 0) is 29.7 Å². The highest BCUT2D eigenvalue weighted by molar-refractivity contribution is 6.10. The summed E-state index contributed by atoms with van der Waals surface area (Å²) in [5.41, 5.74) is 0.501.